The molecule has 6 saturated heterocycles. The maximum absolute atomic E-state index is 6.11. The van der Waals surface area contributed by atoms with Gasteiger partial charge in [0.05, 0.1) is 39.6 Å². The SMILES string of the molecule is C(CSSCCC[Si]12OCCN(CCO1)CCO2)C[Si]12OCCN(CCO1)CCO2. The minimum atomic E-state index is -2.45. The van der Waals surface area contributed by atoms with Crippen molar-refractivity contribution in [3.05, 3.63) is 0 Å². The average molecular weight is 497 g/mol. The monoisotopic (exact) mass is 496 g/mol. The molecule has 30 heavy (non-hydrogen) atoms. The maximum Gasteiger partial charge on any atom is 0.501 e. The molecule has 6 aliphatic heterocycles. The Morgan fingerprint density at radius 1 is 0.500 bits per heavy atom. The molecule has 0 aromatic heterocycles. The Morgan fingerprint density at radius 3 is 1.10 bits per heavy atom. The lowest BCUT2D eigenvalue weighted by Crippen LogP contribution is -2.55. The summed E-state index contributed by atoms with van der Waals surface area (Å²) in [6, 6.07) is 1.87. The van der Waals surface area contributed by atoms with Gasteiger partial charge in [-0.1, -0.05) is 21.6 Å². The van der Waals surface area contributed by atoms with Crippen molar-refractivity contribution in [1.82, 2.24) is 9.80 Å². The van der Waals surface area contributed by atoms with Crippen LogP contribution in [0.4, 0.5) is 0 Å². The van der Waals surface area contributed by atoms with E-state index in [-0.39, 0.29) is 0 Å². The molecule has 12 heteroatoms. The topological polar surface area (TPSA) is 61.9 Å². The van der Waals surface area contributed by atoms with Crippen LogP contribution in [-0.2, 0) is 26.6 Å². The van der Waals surface area contributed by atoms with Crippen molar-refractivity contribution in [2.45, 2.75) is 24.9 Å². The van der Waals surface area contributed by atoms with Crippen LogP contribution < -0.4 is 0 Å². The van der Waals surface area contributed by atoms with E-state index in [1.807, 2.05) is 21.6 Å². The standard InChI is InChI=1S/C18H36N2O6S2Si2/c1(17-29-21-9-3-19(4-10-22-29)5-11-23-29)15-27-28-16-2-18-30-24-12-6-20(7-13-25-30)8-14-26-30/h1-18H2. The summed E-state index contributed by atoms with van der Waals surface area (Å²) in [6.07, 6.45) is 2.16. The molecule has 0 amide bonds. The molecule has 0 atom stereocenters. The van der Waals surface area contributed by atoms with Gasteiger partial charge in [-0.15, -0.1) is 0 Å². The van der Waals surface area contributed by atoms with Crippen LogP contribution in [0.3, 0.4) is 0 Å². The van der Waals surface area contributed by atoms with Gasteiger partial charge in [-0.2, -0.15) is 0 Å². The predicted molar refractivity (Wildman–Crippen MR) is 124 cm³/mol. The summed E-state index contributed by atoms with van der Waals surface area (Å²) in [6.45, 7) is 10.5. The Morgan fingerprint density at radius 2 is 0.800 bits per heavy atom. The molecule has 6 fully saturated rings. The second-order valence-electron chi connectivity index (χ2n) is 7.99. The van der Waals surface area contributed by atoms with Gasteiger partial charge in [-0.05, 0) is 12.8 Å². The quantitative estimate of drug-likeness (QED) is 0.268. The summed E-state index contributed by atoms with van der Waals surface area (Å²) in [7, 11) is -1.01. The first-order valence-electron chi connectivity index (χ1n) is 11.3. The van der Waals surface area contributed by atoms with E-state index in [1.165, 1.54) is 0 Å². The number of nitrogens with zero attached hydrogens (tertiary/aromatic N) is 2. The summed E-state index contributed by atoms with van der Waals surface area (Å²) in [5, 5.41) is 0. The molecule has 0 unspecified atom stereocenters. The molecule has 0 saturated carbocycles. The molecule has 6 heterocycles. The first kappa shape index (κ1) is 24.0. The zero-order valence-corrected chi connectivity index (χ0v) is 21.5. The van der Waals surface area contributed by atoms with E-state index in [4.69, 9.17) is 26.6 Å². The van der Waals surface area contributed by atoms with Crippen LogP contribution >= 0.6 is 21.6 Å². The summed E-state index contributed by atoms with van der Waals surface area (Å²) >= 11 is 0. The van der Waals surface area contributed by atoms with Gasteiger partial charge < -0.3 is 26.6 Å². The van der Waals surface area contributed by atoms with E-state index in [1.54, 1.807) is 0 Å². The normalized spacial score (nSPS) is 37.6. The highest BCUT2D eigenvalue weighted by Crippen LogP contribution is 2.29. The molecule has 0 aromatic carbocycles. The molecule has 0 aromatic rings. The Kier molecular flexibility index (Phi) is 9.84. The minimum Gasteiger partial charge on any atom is -0.372 e. The van der Waals surface area contributed by atoms with Gasteiger partial charge in [-0.25, -0.2) is 0 Å². The zero-order chi connectivity index (χ0) is 20.5. The number of hydrogen-bond acceptors (Lipinski definition) is 10. The van der Waals surface area contributed by atoms with Crippen LogP contribution in [0.15, 0.2) is 0 Å². The molecule has 0 N–H and O–H groups in total. The summed E-state index contributed by atoms with van der Waals surface area (Å²) in [4.78, 5) is 4.71. The minimum absolute atomic E-state index is 0.740. The van der Waals surface area contributed by atoms with Crippen LogP contribution in [0.1, 0.15) is 12.8 Å². The smallest absolute Gasteiger partial charge is 0.372 e. The van der Waals surface area contributed by atoms with E-state index in [0.717, 1.165) is 115 Å². The molecule has 8 nitrogen and oxygen atoms in total. The third-order valence-electron chi connectivity index (χ3n) is 5.88. The molecule has 174 valence electrons. The van der Waals surface area contributed by atoms with Gasteiger partial charge in [0.25, 0.3) is 0 Å². The number of hydrogen-bond donors (Lipinski definition) is 0. The molecule has 6 aliphatic rings. The van der Waals surface area contributed by atoms with E-state index in [0.29, 0.717) is 0 Å². The highest BCUT2D eigenvalue weighted by molar-refractivity contribution is 8.76. The fourth-order valence-electron chi connectivity index (χ4n) is 4.15. The lowest BCUT2D eigenvalue weighted by atomic mass is 10.4. The van der Waals surface area contributed by atoms with E-state index < -0.39 is 17.6 Å². The van der Waals surface area contributed by atoms with Crippen molar-refractivity contribution >= 4 is 39.2 Å². The molecule has 6 rings (SSSR count). The fraction of sp³-hybridized carbons (Fsp3) is 1.00. The molecule has 0 radical (unpaired) electrons. The molecule has 0 aliphatic carbocycles. The van der Waals surface area contributed by atoms with Crippen molar-refractivity contribution in [1.29, 1.82) is 0 Å². The van der Waals surface area contributed by atoms with Gasteiger partial charge in [-0.3, -0.25) is 9.80 Å². The maximum atomic E-state index is 6.11. The highest BCUT2D eigenvalue weighted by Gasteiger charge is 2.44. The van der Waals surface area contributed by atoms with Crippen molar-refractivity contribution in [3.63, 3.8) is 0 Å². The highest BCUT2D eigenvalue weighted by atomic mass is 33.1. The second-order valence-corrected chi connectivity index (χ2v) is 16.2. The Labute approximate surface area is 190 Å². The average Bonchev–Trinajstić information content (AvgIpc) is 2.64. The van der Waals surface area contributed by atoms with Crippen LogP contribution in [0.2, 0.25) is 12.1 Å². The van der Waals surface area contributed by atoms with Crippen LogP contribution in [-0.4, -0.2) is 118 Å². The third kappa shape index (κ3) is 7.16. The number of rotatable bonds is 9. The zero-order valence-electron chi connectivity index (χ0n) is 17.9. The van der Waals surface area contributed by atoms with Gasteiger partial charge in [0.15, 0.2) is 0 Å². The van der Waals surface area contributed by atoms with Crippen molar-refractivity contribution in [2.24, 2.45) is 0 Å². The first-order valence-corrected chi connectivity index (χ1v) is 17.7. The lowest BCUT2D eigenvalue weighted by molar-refractivity contribution is -0.00879. The van der Waals surface area contributed by atoms with Gasteiger partial charge in [0.2, 0.25) is 0 Å². The second kappa shape index (κ2) is 12.3. The van der Waals surface area contributed by atoms with Gasteiger partial charge >= 0.3 is 17.6 Å². The summed E-state index contributed by atoms with van der Waals surface area (Å²) in [5.41, 5.74) is 0. The summed E-state index contributed by atoms with van der Waals surface area (Å²) < 4.78 is 36.6. The van der Waals surface area contributed by atoms with Crippen LogP contribution in [0.5, 0.6) is 0 Å². The van der Waals surface area contributed by atoms with E-state index in [2.05, 4.69) is 9.80 Å². The third-order valence-corrected chi connectivity index (χ3v) is 14.3. The van der Waals surface area contributed by atoms with Crippen molar-refractivity contribution < 1.29 is 26.6 Å². The molecular formula is C18H36N2O6S2Si2. The van der Waals surface area contributed by atoms with E-state index >= 15 is 0 Å². The molecule has 0 spiro atoms. The first-order chi connectivity index (χ1) is 14.8. The van der Waals surface area contributed by atoms with Crippen LogP contribution in [0, 0.1) is 0 Å². The Balaban J connectivity index is 1.09. The summed E-state index contributed by atoms with van der Waals surface area (Å²) in [5.74, 6) is 2.20. The fourth-order valence-corrected chi connectivity index (χ4v) is 11.8. The number of fused-ring (bicyclic) bond motifs is 12. The van der Waals surface area contributed by atoms with Crippen molar-refractivity contribution in [2.75, 3.05) is 90.4 Å². The largest absolute Gasteiger partial charge is 0.501 e. The van der Waals surface area contributed by atoms with Crippen LogP contribution in [0.25, 0.3) is 0 Å². The lowest BCUT2D eigenvalue weighted by Gasteiger charge is -2.38. The molecular weight excluding hydrogens is 461 g/mol. The molecule has 4 bridgehead atoms. The van der Waals surface area contributed by atoms with Gasteiger partial charge in [0.1, 0.15) is 0 Å². The predicted octanol–water partition coefficient (Wildman–Crippen LogP) is 1.78. The Bertz CT molecular complexity index is 430. The van der Waals surface area contributed by atoms with E-state index in [9.17, 15) is 0 Å². The Hall–Kier alpha value is 0.814. The van der Waals surface area contributed by atoms with Crippen molar-refractivity contribution in [3.8, 4) is 0 Å². The van der Waals surface area contributed by atoms with Gasteiger partial charge in [0, 0.05) is 62.9 Å².